The SMILES string of the molecule is COc1cc(CSc2nnc(-c3cccs3)n2CCC(N)=O)ccc1SC(F)F. The number of halogens is 2. The number of aromatic nitrogens is 3. The number of hydrogen-bond donors (Lipinski definition) is 1. The smallest absolute Gasteiger partial charge is 0.289 e. The molecule has 0 bridgehead atoms. The fraction of sp³-hybridized carbons (Fsp3) is 0.278. The topological polar surface area (TPSA) is 83.0 Å². The van der Waals surface area contributed by atoms with Crippen LogP contribution in [0.4, 0.5) is 8.78 Å². The lowest BCUT2D eigenvalue weighted by atomic mass is 10.2. The van der Waals surface area contributed by atoms with Crippen LogP contribution in [0.2, 0.25) is 0 Å². The van der Waals surface area contributed by atoms with Gasteiger partial charge in [0.1, 0.15) is 5.75 Å². The van der Waals surface area contributed by atoms with Crippen LogP contribution in [0, 0.1) is 0 Å². The number of amides is 1. The average Bonchev–Trinajstić information content (AvgIpc) is 3.34. The molecule has 1 amide bonds. The van der Waals surface area contributed by atoms with Gasteiger partial charge in [-0.3, -0.25) is 4.79 Å². The van der Waals surface area contributed by atoms with E-state index in [0.29, 0.717) is 45.7 Å². The number of benzene rings is 1. The third-order valence-corrected chi connectivity index (χ3v) is 6.53. The normalized spacial score (nSPS) is 11.2. The summed E-state index contributed by atoms with van der Waals surface area (Å²) < 4.78 is 32.4. The summed E-state index contributed by atoms with van der Waals surface area (Å²) in [5.41, 5.74) is 6.20. The number of hydrogen-bond acceptors (Lipinski definition) is 7. The predicted molar refractivity (Wildman–Crippen MR) is 112 cm³/mol. The molecular weight excluding hydrogens is 438 g/mol. The highest BCUT2D eigenvalue weighted by Crippen LogP contribution is 2.35. The molecule has 0 spiro atoms. The minimum atomic E-state index is -2.51. The van der Waals surface area contributed by atoms with Crippen LogP contribution in [-0.4, -0.2) is 33.5 Å². The molecular formula is C18H18F2N4O2S3. The van der Waals surface area contributed by atoms with Gasteiger partial charge in [-0.1, -0.05) is 35.7 Å². The molecule has 29 heavy (non-hydrogen) atoms. The molecule has 154 valence electrons. The van der Waals surface area contributed by atoms with Crippen LogP contribution in [0.15, 0.2) is 45.8 Å². The highest BCUT2D eigenvalue weighted by atomic mass is 32.2. The van der Waals surface area contributed by atoms with Crippen molar-refractivity contribution < 1.29 is 18.3 Å². The summed E-state index contributed by atoms with van der Waals surface area (Å²) in [6, 6.07) is 9.01. The van der Waals surface area contributed by atoms with Crippen molar-refractivity contribution in [1.82, 2.24) is 14.8 Å². The van der Waals surface area contributed by atoms with Crippen molar-refractivity contribution in [3.63, 3.8) is 0 Å². The molecule has 1 aromatic carbocycles. The van der Waals surface area contributed by atoms with Crippen LogP contribution < -0.4 is 10.5 Å². The maximum atomic E-state index is 12.7. The van der Waals surface area contributed by atoms with E-state index >= 15 is 0 Å². The highest BCUT2D eigenvalue weighted by Gasteiger charge is 2.17. The Hall–Kier alpha value is -2.11. The number of ether oxygens (including phenoxy) is 1. The molecule has 0 unspecified atom stereocenters. The molecule has 2 N–H and O–H groups in total. The molecule has 0 fully saturated rings. The van der Waals surface area contributed by atoms with Crippen molar-refractivity contribution in [2.45, 2.75) is 34.5 Å². The van der Waals surface area contributed by atoms with Crippen LogP contribution in [0.3, 0.4) is 0 Å². The Balaban J connectivity index is 1.78. The Morgan fingerprint density at radius 3 is 2.83 bits per heavy atom. The molecule has 0 saturated carbocycles. The van der Waals surface area contributed by atoms with Gasteiger partial charge in [0, 0.05) is 18.7 Å². The zero-order valence-electron chi connectivity index (χ0n) is 15.4. The number of thiophene rings is 1. The Labute approximate surface area is 178 Å². The molecule has 2 heterocycles. The largest absolute Gasteiger partial charge is 0.496 e. The summed E-state index contributed by atoms with van der Waals surface area (Å²) >= 11 is 3.43. The summed E-state index contributed by atoms with van der Waals surface area (Å²) in [4.78, 5) is 12.6. The van der Waals surface area contributed by atoms with Crippen molar-refractivity contribution in [2.24, 2.45) is 5.73 Å². The highest BCUT2D eigenvalue weighted by molar-refractivity contribution is 7.99. The van der Waals surface area contributed by atoms with E-state index in [9.17, 15) is 13.6 Å². The fourth-order valence-electron chi connectivity index (χ4n) is 2.55. The summed E-state index contributed by atoms with van der Waals surface area (Å²) in [5, 5.41) is 11.1. The molecule has 6 nitrogen and oxygen atoms in total. The number of nitrogens with two attached hydrogens (primary N) is 1. The van der Waals surface area contributed by atoms with E-state index in [2.05, 4.69) is 10.2 Å². The number of primary amides is 1. The van der Waals surface area contributed by atoms with E-state index in [-0.39, 0.29) is 6.42 Å². The van der Waals surface area contributed by atoms with Crippen molar-refractivity contribution in [2.75, 3.05) is 7.11 Å². The lowest BCUT2D eigenvalue weighted by Gasteiger charge is -2.11. The Bertz CT molecular complexity index is 964. The van der Waals surface area contributed by atoms with E-state index in [4.69, 9.17) is 10.5 Å². The second-order valence-electron chi connectivity index (χ2n) is 5.80. The minimum absolute atomic E-state index is 0.178. The molecule has 3 rings (SSSR count). The summed E-state index contributed by atoms with van der Waals surface area (Å²) in [5.74, 6) is -1.28. The maximum Gasteiger partial charge on any atom is 0.289 e. The van der Waals surface area contributed by atoms with E-state index in [0.717, 1.165) is 10.4 Å². The first-order valence-electron chi connectivity index (χ1n) is 8.48. The summed E-state index contributed by atoms with van der Waals surface area (Å²) in [7, 11) is 1.45. The molecule has 0 aliphatic rings. The van der Waals surface area contributed by atoms with Gasteiger partial charge in [0.2, 0.25) is 5.91 Å². The Morgan fingerprint density at radius 1 is 1.34 bits per heavy atom. The third kappa shape index (κ3) is 5.71. The molecule has 0 radical (unpaired) electrons. The number of carbonyl (C=O) groups excluding carboxylic acids is 1. The first-order valence-corrected chi connectivity index (χ1v) is 11.2. The zero-order chi connectivity index (χ0) is 20.8. The van der Waals surface area contributed by atoms with Gasteiger partial charge in [-0.2, -0.15) is 8.78 Å². The number of methoxy groups -OCH3 is 1. The van der Waals surface area contributed by atoms with Crippen LogP contribution in [-0.2, 0) is 17.1 Å². The van der Waals surface area contributed by atoms with Gasteiger partial charge >= 0.3 is 0 Å². The Morgan fingerprint density at radius 2 is 2.17 bits per heavy atom. The lowest BCUT2D eigenvalue weighted by Crippen LogP contribution is -2.14. The fourth-order valence-corrected chi connectivity index (χ4v) is 4.77. The van der Waals surface area contributed by atoms with E-state index in [1.165, 1.54) is 30.2 Å². The van der Waals surface area contributed by atoms with E-state index < -0.39 is 11.7 Å². The number of thioether (sulfide) groups is 2. The van der Waals surface area contributed by atoms with Crippen molar-refractivity contribution in [3.8, 4) is 16.5 Å². The number of rotatable bonds is 10. The molecule has 0 saturated heterocycles. The first kappa shape index (κ1) is 21.6. The maximum absolute atomic E-state index is 12.7. The lowest BCUT2D eigenvalue weighted by molar-refractivity contribution is -0.118. The summed E-state index contributed by atoms with van der Waals surface area (Å²) in [6.45, 7) is 0.380. The molecule has 0 aliphatic carbocycles. The van der Waals surface area contributed by atoms with Crippen molar-refractivity contribution in [1.29, 1.82) is 0 Å². The van der Waals surface area contributed by atoms with Crippen molar-refractivity contribution in [3.05, 3.63) is 41.3 Å². The molecule has 0 atom stereocenters. The second-order valence-corrected chi connectivity index (χ2v) is 8.73. The average molecular weight is 457 g/mol. The van der Waals surface area contributed by atoms with Crippen LogP contribution in [0.1, 0.15) is 12.0 Å². The van der Waals surface area contributed by atoms with Gasteiger partial charge in [-0.15, -0.1) is 21.5 Å². The minimum Gasteiger partial charge on any atom is -0.496 e. The van der Waals surface area contributed by atoms with Crippen LogP contribution in [0.25, 0.3) is 10.7 Å². The molecule has 3 aromatic rings. The zero-order valence-corrected chi connectivity index (χ0v) is 17.8. The molecule has 0 aliphatic heterocycles. The van der Waals surface area contributed by atoms with Gasteiger partial charge < -0.3 is 15.0 Å². The molecule has 11 heteroatoms. The van der Waals surface area contributed by atoms with Gasteiger partial charge in [0.25, 0.3) is 5.76 Å². The number of alkyl halides is 2. The van der Waals surface area contributed by atoms with Gasteiger partial charge in [0.15, 0.2) is 11.0 Å². The van der Waals surface area contributed by atoms with Crippen molar-refractivity contribution >= 4 is 40.8 Å². The summed E-state index contributed by atoms with van der Waals surface area (Å²) in [6.07, 6.45) is 0.178. The molecule has 2 aromatic heterocycles. The first-order chi connectivity index (χ1) is 14.0. The standard InChI is InChI=1S/C18H18F2N4O2S3/c1-26-12-9-11(4-5-13(12)29-17(19)20)10-28-18-23-22-16(14-3-2-8-27-14)24(18)7-6-15(21)25/h2-5,8-9,17H,6-7,10H2,1H3,(H2,21,25). The van der Waals surface area contributed by atoms with Crippen LogP contribution >= 0.6 is 34.9 Å². The third-order valence-electron chi connectivity index (χ3n) is 3.85. The number of nitrogens with zero attached hydrogens (tertiary/aromatic N) is 3. The monoisotopic (exact) mass is 456 g/mol. The van der Waals surface area contributed by atoms with Gasteiger partial charge in [-0.05, 0) is 29.1 Å². The number of carbonyl (C=O) groups is 1. The predicted octanol–water partition coefficient (Wildman–Crippen LogP) is 4.50. The van der Waals surface area contributed by atoms with E-state index in [1.54, 1.807) is 18.2 Å². The van der Waals surface area contributed by atoms with E-state index in [1.807, 2.05) is 22.1 Å². The quantitative estimate of drug-likeness (QED) is 0.453. The van der Waals surface area contributed by atoms with Gasteiger partial charge in [0.05, 0.1) is 16.9 Å². The van der Waals surface area contributed by atoms with Gasteiger partial charge in [-0.25, -0.2) is 0 Å². The Kier molecular flexibility index (Phi) is 7.51. The second kappa shape index (κ2) is 10.1. The van der Waals surface area contributed by atoms with Crippen LogP contribution in [0.5, 0.6) is 5.75 Å².